The summed E-state index contributed by atoms with van der Waals surface area (Å²) in [5.41, 5.74) is 1.48. The number of thiazole rings is 1. The van der Waals surface area contributed by atoms with E-state index in [4.69, 9.17) is 0 Å². The summed E-state index contributed by atoms with van der Waals surface area (Å²) in [5, 5.41) is 1.78. The van der Waals surface area contributed by atoms with E-state index in [1.807, 2.05) is 0 Å². The van der Waals surface area contributed by atoms with Crippen LogP contribution in [0, 0.1) is 5.82 Å². The van der Waals surface area contributed by atoms with Crippen molar-refractivity contribution < 1.29 is 17.6 Å². The highest BCUT2D eigenvalue weighted by atomic mass is 32.2. The molecule has 0 N–H and O–H groups in total. The van der Waals surface area contributed by atoms with Crippen LogP contribution in [0.2, 0.25) is 0 Å². The highest BCUT2D eigenvalue weighted by Gasteiger charge is 2.09. The van der Waals surface area contributed by atoms with E-state index in [2.05, 4.69) is 4.99 Å². The number of aromatic nitrogens is 1. The molecule has 2 aromatic carbocycles. The van der Waals surface area contributed by atoms with Crippen LogP contribution in [0.25, 0.3) is 0 Å². The van der Waals surface area contributed by atoms with Gasteiger partial charge in [0.1, 0.15) is 5.82 Å². The van der Waals surface area contributed by atoms with Gasteiger partial charge >= 0.3 is 0 Å². The van der Waals surface area contributed by atoms with Gasteiger partial charge in [-0.15, -0.1) is 11.3 Å². The van der Waals surface area contributed by atoms with Crippen molar-refractivity contribution in [1.82, 2.24) is 4.57 Å². The first kappa shape index (κ1) is 19.2. The monoisotopic (exact) mass is 404 g/mol. The summed E-state index contributed by atoms with van der Waals surface area (Å²) in [7, 11) is -3.13. The fourth-order valence-electron chi connectivity index (χ4n) is 2.51. The SMILES string of the molecule is CS(=O)(=O)Cc1ccc(C(=O)N=c2sccn2Cc2ccccc2F)cc1. The lowest BCUT2D eigenvalue weighted by molar-refractivity contribution is 0.0998. The van der Waals surface area contributed by atoms with Gasteiger partial charge in [0.05, 0.1) is 12.3 Å². The predicted octanol–water partition coefficient (Wildman–Crippen LogP) is 3.02. The van der Waals surface area contributed by atoms with Gasteiger partial charge in [-0.3, -0.25) is 4.79 Å². The Morgan fingerprint density at radius 3 is 2.52 bits per heavy atom. The van der Waals surface area contributed by atoms with Crippen LogP contribution in [0.15, 0.2) is 65.1 Å². The van der Waals surface area contributed by atoms with Crippen molar-refractivity contribution in [3.8, 4) is 0 Å². The Labute approximate surface area is 160 Å². The summed E-state index contributed by atoms with van der Waals surface area (Å²) in [5.74, 6) is -0.827. The van der Waals surface area contributed by atoms with E-state index < -0.39 is 15.7 Å². The third-order valence-electron chi connectivity index (χ3n) is 3.79. The molecule has 0 spiro atoms. The summed E-state index contributed by atoms with van der Waals surface area (Å²) in [6.07, 6.45) is 2.91. The molecule has 0 atom stereocenters. The summed E-state index contributed by atoms with van der Waals surface area (Å²) in [6, 6.07) is 12.8. The zero-order valence-corrected chi connectivity index (χ0v) is 16.1. The van der Waals surface area contributed by atoms with Crippen LogP contribution in [0.5, 0.6) is 0 Å². The third kappa shape index (κ3) is 5.21. The zero-order chi connectivity index (χ0) is 19.4. The van der Waals surface area contributed by atoms with Gasteiger partial charge in [0, 0.05) is 29.0 Å². The molecule has 0 saturated heterocycles. The van der Waals surface area contributed by atoms with Gasteiger partial charge in [0.2, 0.25) is 0 Å². The van der Waals surface area contributed by atoms with Gasteiger partial charge < -0.3 is 4.57 Å². The number of nitrogens with zero attached hydrogens (tertiary/aromatic N) is 2. The van der Waals surface area contributed by atoms with Gasteiger partial charge in [-0.2, -0.15) is 4.99 Å². The quantitative estimate of drug-likeness (QED) is 0.656. The van der Waals surface area contributed by atoms with E-state index in [0.29, 0.717) is 21.5 Å². The van der Waals surface area contributed by atoms with Crippen molar-refractivity contribution in [1.29, 1.82) is 0 Å². The van der Waals surface area contributed by atoms with Gasteiger partial charge in [-0.1, -0.05) is 30.3 Å². The lowest BCUT2D eigenvalue weighted by Crippen LogP contribution is -2.17. The summed E-state index contributed by atoms with van der Waals surface area (Å²) < 4.78 is 38.2. The minimum Gasteiger partial charge on any atom is -0.319 e. The fourth-order valence-corrected chi connectivity index (χ4v) is 4.04. The molecule has 3 aromatic rings. The normalized spacial score (nSPS) is 12.3. The Kier molecular flexibility index (Phi) is 5.67. The van der Waals surface area contributed by atoms with Crippen LogP contribution in [0.4, 0.5) is 4.39 Å². The smallest absolute Gasteiger partial charge is 0.279 e. The maximum absolute atomic E-state index is 13.8. The van der Waals surface area contributed by atoms with Crippen LogP contribution >= 0.6 is 11.3 Å². The molecule has 0 fully saturated rings. The summed E-state index contributed by atoms with van der Waals surface area (Å²) in [4.78, 5) is 17.0. The lowest BCUT2D eigenvalue weighted by atomic mass is 10.1. The number of halogens is 1. The standard InChI is InChI=1S/C19H17FN2O3S2/c1-27(24,25)13-14-6-8-15(9-7-14)18(23)21-19-22(10-11-26-19)12-16-4-2-3-5-17(16)20/h2-11H,12-13H2,1H3. The first-order valence-corrected chi connectivity index (χ1v) is 11.0. The summed E-state index contributed by atoms with van der Waals surface area (Å²) in [6.45, 7) is 0.273. The average Bonchev–Trinajstić information content (AvgIpc) is 3.03. The van der Waals surface area contributed by atoms with Gasteiger partial charge in [0.25, 0.3) is 5.91 Å². The van der Waals surface area contributed by atoms with Crippen molar-refractivity contribution in [2.24, 2.45) is 4.99 Å². The minimum atomic E-state index is -3.13. The highest BCUT2D eigenvalue weighted by Crippen LogP contribution is 2.10. The Hall–Kier alpha value is -2.58. The molecule has 3 rings (SSSR count). The number of rotatable bonds is 5. The zero-order valence-electron chi connectivity index (χ0n) is 14.5. The van der Waals surface area contributed by atoms with E-state index in [1.54, 1.807) is 58.6 Å². The molecule has 1 heterocycles. The van der Waals surface area contributed by atoms with E-state index >= 15 is 0 Å². The van der Waals surface area contributed by atoms with E-state index in [9.17, 15) is 17.6 Å². The third-order valence-corrected chi connectivity index (χ3v) is 5.44. The van der Waals surface area contributed by atoms with E-state index in [0.717, 1.165) is 6.26 Å². The second-order valence-electron chi connectivity index (χ2n) is 6.09. The minimum absolute atomic E-state index is 0.0772. The van der Waals surface area contributed by atoms with Crippen molar-refractivity contribution in [3.05, 3.63) is 87.4 Å². The molecule has 0 aliphatic carbocycles. The van der Waals surface area contributed by atoms with Crippen LogP contribution < -0.4 is 4.80 Å². The van der Waals surface area contributed by atoms with Crippen molar-refractivity contribution in [2.75, 3.05) is 6.26 Å². The average molecular weight is 404 g/mol. The molecular weight excluding hydrogens is 387 g/mol. The van der Waals surface area contributed by atoms with Crippen molar-refractivity contribution in [2.45, 2.75) is 12.3 Å². The Morgan fingerprint density at radius 2 is 1.85 bits per heavy atom. The Bertz CT molecular complexity index is 1130. The maximum atomic E-state index is 13.8. The van der Waals surface area contributed by atoms with E-state index in [-0.39, 0.29) is 18.1 Å². The molecule has 0 radical (unpaired) electrons. The van der Waals surface area contributed by atoms with Crippen LogP contribution in [0.1, 0.15) is 21.5 Å². The molecule has 1 amide bonds. The topological polar surface area (TPSA) is 68.5 Å². The molecule has 0 unspecified atom stereocenters. The molecule has 5 nitrogen and oxygen atoms in total. The number of carbonyl (C=O) groups excluding carboxylic acids is 1. The molecule has 0 aliphatic rings. The molecule has 27 heavy (non-hydrogen) atoms. The summed E-state index contributed by atoms with van der Waals surface area (Å²) >= 11 is 1.28. The van der Waals surface area contributed by atoms with Crippen molar-refractivity contribution in [3.63, 3.8) is 0 Å². The van der Waals surface area contributed by atoms with Gasteiger partial charge in [-0.25, -0.2) is 12.8 Å². The fraction of sp³-hybridized carbons (Fsp3) is 0.158. The second kappa shape index (κ2) is 7.98. The Balaban J connectivity index is 1.82. The van der Waals surface area contributed by atoms with Crippen LogP contribution in [-0.2, 0) is 22.1 Å². The lowest BCUT2D eigenvalue weighted by Gasteiger charge is -2.04. The molecule has 0 aliphatic heterocycles. The Morgan fingerprint density at radius 1 is 1.15 bits per heavy atom. The molecule has 140 valence electrons. The van der Waals surface area contributed by atoms with Crippen LogP contribution in [-0.4, -0.2) is 25.1 Å². The molecule has 1 aromatic heterocycles. The number of carbonyl (C=O) groups is 1. The van der Waals surface area contributed by atoms with Gasteiger partial charge in [-0.05, 0) is 23.8 Å². The van der Waals surface area contributed by atoms with Crippen molar-refractivity contribution >= 4 is 27.1 Å². The number of benzene rings is 2. The number of hydrogen-bond donors (Lipinski definition) is 0. The molecular formula is C19H17FN2O3S2. The largest absolute Gasteiger partial charge is 0.319 e. The van der Waals surface area contributed by atoms with Crippen LogP contribution in [0.3, 0.4) is 0 Å². The molecule has 0 saturated carbocycles. The van der Waals surface area contributed by atoms with Gasteiger partial charge in [0.15, 0.2) is 14.6 Å². The number of hydrogen-bond acceptors (Lipinski definition) is 4. The number of amides is 1. The predicted molar refractivity (Wildman–Crippen MR) is 103 cm³/mol. The highest BCUT2D eigenvalue weighted by molar-refractivity contribution is 7.89. The first-order chi connectivity index (χ1) is 12.8. The first-order valence-electron chi connectivity index (χ1n) is 8.05. The molecule has 0 bridgehead atoms. The molecule has 8 heteroatoms. The second-order valence-corrected chi connectivity index (χ2v) is 9.10. The maximum Gasteiger partial charge on any atom is 0.279 e. The number of sulfone groups is 1. The van der Waals surface area contributed by atoms with E-state index in [1.165, 1.54) is 17.4 Å².